The van der Waals surface area contributed by atoms with Gasteiger partial charge in [-0.2, -0.15) is 0 Å². The molecule has 0 saturated heterocycles. The summed E-state index contributed by atoms with van der Waals surface area (Å²) in [5, 5.41) is 0.459. The molecule has 0 bridgehead atoms. The van der Waals surface area contributed by atoms with E-state index >= 15 is 0 Å². The summed E-state index contributed by atoms with van der Waals surface area (Å²) in [7, 11) is 1.63. The van der Waals surface area contributed by atoms with Gasteiger partial charge in [-0.15, -0.1) is 0 Å². The molecule has 0 radical (unpaired) electrons. The van der Waals surface area contributed by atoms with Crippen molar-refractivity contribution in [2.24, 2.45) is 0 Å². The van der Waals surface area contributed by atoms with Crippen molar-refractivity contribution in [3.8, 4) is 16.9 Å². The van der Waals surface area contributed by atoms with Crippen molar-refractivity contribution in [3.05, 3.63) is 52.5 Å². The first-order valence-electron chi connectivity index (χ1n) is 5.55. The molecular weight excluding hydrogens is 248 g/mol. The Balaban J connectivity index is 2.60. The van der Waals surface area contributed by atoms with Crippen molar-refractivity contribution >= 4 is 17.9 Å². The van der Waals surface area contributed by atoms with Crippen LogP contribution in [0.3, 0.4) is 0 Å². The summed E-state index contributed by atoms with van der Waals surface area (Å²) >= 11 is 5.93. The van der Waals surface area contributed by atoms with E-state index in [1.165, 1.54) is 0 Å². The second kappa shape index (κ2) is 5.23. The van der Waals surface area contributed by atoms with E-state index in [1.54, 1.807) is 19.2 Å². The lowest BCUT2D eigenvalue weighted by Crippen LogP contribution is -1.90. The molecule has 0 aliphatic rings. The van der Waals surface area contributed by atoms with Crippen LogP contribution in [0.4, 0.5) is 0 Å². The number of rotatable bonds is 3. The van der Waals surface area contributed by atoms with Gasteiger partial charge >= 0.3 is 0 Å². The molecule has 0 fully saturated rings. The molecular formula is C15H13ClO2. The standard InChI is InChI=1S/C15H13ClO2/c1-10-3-6-15(18-2)13(7-10)11-4-5-14(16)12(8-11)9-17/h3-9H,1-2H3. The van der Waals surface area contributed by atoms with E-state index in [1.807, 2.05) is 31.2 Å². The third kappa shape index (κ3) is 2.39. The van der Waals surface area contributed by atoms with Gasteiger partial charge in [-0.25, -0.2) is 0 Å². The number of aldehydes is 1. The minimum atomic E-state index is 0.459. The monoisotopic (exact) mass is 260 g/mol. The molecule has 2 nitrogen and oxygen atoms in total. The Morgan fingerprint density at radius 3 is 2.61 bits per heavy atom. The molecule has 0 aliphatic carbocycles. The molecule has 0 amide bonds. The van der Waals surface area contributed by atoms with Crippen LogP contribution >= 0.6 is 11.6 Å². The lowest BCUT2D eigenvalue weighted by molar-refractivity contribution is 0.112. The van der Waals surface area contributed by atoms with Gasteiger partial charge in [0.15, 0.2) is 6.29 Å². The number of carbonyl (C=O) groups excluding carboxylic acids is 1. The maximum Gasteiger partial charge on any atom is 0.151 e. The SMILES string of the molecule is COc1ccc(C)cc1-c1ccc(Cl)c(C=O)c1. The van der Waals surface area contributed by atoms with E-state index in [-0.39, 0.29) is 0 Å². The van der Waals surface area contributed by atoms with Crippen molar-refractivity contribution < 1.29 is 9.53 Å². The van der Waals surface area contributed by atoms with E-state index in [0.717, 1.165) is 28.7 Å². The first-order valence-corrected chi connectivity index (χ1v) is 5.93. The number of methoxy groups -OCH3 is 1. The second-order valence-corrected chi connectivity index (χ2v) is 4.47. The van der Waals surface area contributed by atoms with Gasteiger partial charge in [0.25, 0.3) is 0 Å². The van der Waals surface area contributed by atoms with Crippen LogP contribution in [-0.2, 0) is 0 Å². The van der Waals surface area contributed by atoms with Crippen LogP contribution < -0.4 is 4.74 Å². The highest BCUT2D eigenvalue weighted by atomic mass is 35.5. The van der Waals surface area contributed by atoms with Crippen molar-refractivity contribution in [1.82, 2.24) is 0 Å². The topological polar surface area (TPSA) is 26.3 Å². The summed E-state index contributed by atoms with van der Waals surface area (Å²) in [4.78, 5) is 10.9. The Morgan fingerprint density at radius 2 is 1.94 bits per heavy atom. The Hall–Kier alpha value is -1.80. The summed E-state index contributed by atoms with van der Waals surface area (Å²) in [5.41, 5.74) is 3.49. The summed E-state index contributed by atoms with van der Waals surface area (Å²) in [6, 6.07) is 11.3. The van der Waals surface area contributed by atoms with Gasteiger partial charge in [0.1, 0.15) is 5.75 Å². The average molecular weight is 261 g/mol. The lowest BCUT2D eigenvalue weighted by atomic mass is 10.0. The van der Waals surface area contributed by atoms with Gasteiger partial charge in [-0.3, -0.25) is 4.79 Å². The van der Waals surface area contributed by atoms with Gasteiger partial charge in [0.05, 0.1) is 12.1 Å². The Bertz CT molecular complexity index is 591. The number of benzene rings is 2. The highest BCUT2D eigenvalue weighted by molar-refractivity contribution is 6.33. The smallest absolute Gasteiger partial charge is 0.151 e. The number of ether oxygens (including phenoxy) is 1. The molecule has 3 heteroatoms. The minimum absolute atomic E-state index is 0.459. The van der Waals surface area contributed by atoms with Crippen LogP contribution in [-0.4, -0.2) is 13.4 Å². The molecule has 2 aromatic carbocycles. The fourth-order valence-electron chi connectivity index (χ4n) is 1.85. The van der Waals surface area contributed by atoms with Crippen molar-refractivity contribution in [3.63, 3.8) is 0 Å². The first-order chi connectivity index (χ1) is 8.65. The largest absolute Gasteiger partial charge is 0.496 e. The van der Waals surface area contributed by atoms with Crippen molar-refractivity contribution in [2.45, 2.75) is 6.92 Å². The normalized spacial score (nSPS) is 10.2. The van der Waals surface area contributed by atoms with Gasteiger partial charge in [-0.05, 0) is 36.8 Å². The molecule has 2 rings (SSSR count). The molecule has 0 atom stereocenters. The van der Waals surface area contributed by atoms with E-state index in [4.69, 9.17) is 16.3 Å². The number of hydrogen-bond donors (Lipinski definition) is 0. The van der Waals surface area contributed by atoms with Crippen LogP contribution in [0.1, 0.15) is 15.9 Å². The lowest BCUT2D eigenvalue weighted by Gasteiger charge is -2.10. The maximum atomic E-state index is 10.9. The Morgan fingerprint density at radius 1 is 1.17 bits per heavy atom. The molecule has 0 N–H and O–H groups in total. The van der Waals surface area contributed by atoms with Crippen molar-refractivity contribution in [2.75, 3.05) is 7.11 Å². The second-order valence-electron chi connectivity index (χ2n) is 4.06. The minimum Gasteiger partial charge on any atom is -0.496 e. The Kier molecular flexibility index (Phi) is 3.68. The van der Waals surface area contributed by atoms with E-state index in [9.17, 15) is 4.79 Å². The number of carbonyl (C=O) groups is 1. The van der Waals surface area contributed by atoms with Crippen LogP contribution in [0.25, 0.3) is 11.1 Å². The first kappa shape index (κ1) is 12.7. The zero-order valence-electron chi connectivity index (χ0n) is 10.2. The quantitative estimate of drug-likeness (QED) is 0.776. The molecule has 0 aromatic heterocycles. The van der Waals surface area contributed by atoms with Gasteiger partial charge < -0.3 is 4.74 Å². The van der Waals surface area contributed by atoms with Crippen LogP contribution in [0.15, 0.2) is 36.4 Å². The number of hydrogen-bond acceptors (Lipinski definition) is 2. The van der Waals surface area contributed by atoms with Gasteiger partial charge in [-0.1, -0.05) is 29.3 Å². The van der Waals surface area contributed by atoms with Crippen molar-refractivity contribution in [1.29, 1.82) is 0 Å². The van der Waals surface area contributed by atoms with E-state index < -0.39 is 0 Å². The molecule has 0 saturated carbocycles. The third-order valence-electron chi connectivity index (χ3n) is 2.79. The molecule has 0 aliphatic heterocycles. The van der Waals surface area contributed by atoms with Crippen LogP contribution in [0.2, 0.25) is 5.02 Å². The van der Waals surface area contributed by atoms with E-state index in [2.05, 4.69) is 0 Å². The summed E-state index contributed by atoms with van der Waals surface area (Å²) < 4.78 is 5.34. The Labute approximate surface area is 111 Å². The highest BCUT2D eigenvalue weighted by Crippen LogP contribution is 2.32. The van der Waals surface area contributed by atoms with Crippen LogP contribution in [0.5, 0.6) is 5.75 Å². The predicted octanol–water partition coefficient (Wildman–Crippen LogP) is 4.14. The fraction of sp³-hybridized carbons (Fsp3) is 0.133. The fourth-order valence-corrected chi connectivity index (χ4v) is 2.01. The van der Waals surface area contributed by atoms with E-state index in [0.29, 0.717) is 10.6 Å². The molecule has 0 spiro atoms. The zero-order chi connectivity index (χ0) is 13.1. The molecule has 18 heavy (non-hydrogen) atoms. The molecule has 0 heterocycles. The number of halogens is 1. The zero-order valence-corrected chi connectivity index (χ0v) is 11.0. The molecule has 2 aromatic rings. The predicted molar refractivity (Wildman–Crippen MR) is 73.6 cm³/mol. The highest BCUT2D eigenvalue weighted by Gasteiger charge is 2.08. The molecule has 0 unspecified atom stereocenters. The van der Waals surface area contributed by atoms with Gasteiger partial charge in [0, 0.05) is 11.1 Å². The summed E-state index contributed by atoms with van der Waals surface area (Å²) in [6.45, 7) is 2.01. The summed E-state index contributed by atoms with van der Waals surface area (Å²) in [5.74, 6) is 0.778. The molecule has 92 valence electrons. The average Bonchev–Trinajstić information content (AvgIpc) is 2.39. The number of aryl methyl sites for hydroxylation is 1. The van der Waals surface area contributed by atoms with Gasteiger partial charge in [0.2, 0.25) is 0 Å². The van der Waals surface area contributed by atoms with Crippen LogP contribution in [0, 0.1) is 6.92 Å². The summed E-state index contributed by atoms with van der Waals surface area (Å²) in [6.07, 6.45) is 0.758. The maximum absolute atomic E-state index is 10.9. The third-order valence-corrected chi connectivity index (χ3v) is 3.13.